The number of carbonyl (C=O) groups excluding carboxylic acids is 1. The standard InChI is InChI=1S/C15H30N2O/c1-3-8-14(11-16)15(18)17-12(2)13-9-6-4-5-7-10-13/h12-14H,3-11,16H2,1-2H3,(H,17,18)/t12-,14?/m0/s1. The Hall–Kier alpha value is -0.570. The second kappa shape index (κ2) is 8.52. The molecular formula is C15H30N2O. The van der Waals surface area contributed by atoms with Crippen molar-refractivity contribution in [1.82, 2.24) is 5.32 Å². The first kappa shape index (κ1) is 15.5. The van der Waals surface area contributed by atoms with E-state index >= 15 is 0 Å². The van der Waals surface area contributed by atoms with Gasteiger partial charge in [-0.2, -0.15) is 0 Å². The molecule has 0 spiro atoms. The molecule has 1 saturated carbocycles. The fraction of sp³-hybridized carbons (Fsp3) is 0.933. The lowest BCUT2D eigenvalue weighted by Gasteiger charge is -2.25. The third-order valence-corrected chi connectivity index (χ3v) is 4.27. The molecule has 0 aliphatic heterocycles. The van der Waals surface area contributed by atoms with Gasteiger partial charge in [0.25, 0.3) is 0 Å². The number of rotatable bonds is 6. The van der Waals surface area contributed by atoms with Crippen LogP contribution in [0.25, 0.3) is 0 Å². The highest BCUT2D eigenvalue weighted by Gasteiger charge is 2.23. The van der Waals surface area contributed by atoms with Crippen molar-refractivity contribution in [1.29, 1.82) is 0 Å². The third-order valence-electron chi connectivity index (χ3n) is 4.27. The van der Waals surface area contributed by atoms with Gasteiger partial charge in [-0.3, -0.25) is 4.79 Å². The van der Waals surface area contributed by atoms with Crippen molar-refractivity contribution in [3.05, 3.63) is 0 Å². The molecular weight excluding hydrogens is 224 g/mol. The fourth-order valence-electron chi connectivity index (χ4n) is 2.98. The Kier molecular flexibility index (Phi) is 7.33. The Morgan fingerprint density at radius 1 is 1.28 bits per heavy atom. The van der Waals surface area contributed by atoms with Gasteiger partial charge in [-0.05, 0) is 32.1 Å². The Balaban J connectivity index is 2.41. The summed E-state index contributed by atoms with van der Waals surface area (Å²) >= 11 is 0. The van der Waals surface area contributed by atoms with Gasteiger partial charge in [-0.15, -0.1) is 0 Å². The summed E-state index contributed by atoms with van der Waals surface area (Å²) in [5.74, 6) is 0.829. The molecule has 106 valence electrons. The predicted octanol–water partition coefficient (Wildman–Crippen LogP) is 2.84. The summed E-state index contributed by atoms with van der Waals surface area (Å²) in [4.78, 5) is 12.1. The van der Waals surface area contributed by atoms with Crippen LogP contribution in [-0.4, -0.2) is 18.5 Å². The van der Waals surface area contributed by atoms with Gasteiger partial charge in [-0.25, -0.2) is 0 Å². The second-order valence-corrected chi connectivity index (χ2v) is 5.77. The molecule has 3 heteroatoms. The lowest BCUT2D eigenvalue weighted by Crippen LogP contribution is -2.43. The number of nitrogens with two attached hydrogens (primary N) is 1. The molecule has 1 aliphatic rings. The summed E-state index contributed by atoms with van der Waals surface area (Å²) in [6.45, 7) is 4.73. The van der Waals surface area contributed by atoms with Crippen molar-refractivity contribution in [3.63, 3.8) is 0 Å². The zero-order valence-corrected chi connectivity index (χ0v) is 12.1. The van der Waals surface area contributed by atoms with E-state index in [1.54, 1.807) is 0 Å². The summed E-state index contributed by atoms with van der Waals surface area (Å²) in [7, 11) is 0. The van der Waals surface area contributed by atoms with Gasteiger partial charge in [0.15, 0.2) is 0 Å². The Bertz CT molecular complexity index is 235. The van der Waals surface area contributed by atoms with Crippen molar-refractivity contribution in [2.24, 2.45) is 17.6 Å². The third kappa shape index (κ3) is 4.97. The Labute approximate surface area is 112 Å². The van der Waals surface area contributed by atoms with Crippen LogP contribution in [0.2, 0.25) is 0 Å². The molecule has 1 aliphatic carbocycles. The zero-order chi connectivity index (χ0) is 13.4. The van der Waals surface area contributed by atoms with Crippen molar-refractivity contribution in [2.45, 2.75) is 71.3 Å². The lowest BCUT2D eigenvalue weighted by atomic mass is 9.92. The van der Waals surface area contributed by atoms with Crippen LogP contribution in [0.4, 0.5) is 0 Å². The van der Waals surface area contributed by atoms with Crippen LogP contribution in [0.1, 0.15) is 65.2 Å². The molecule has 0 saturated heterocycles. The highest BCUT2D eigenvalue weighted by Crippen LogP contribution is 2.25. The second-order valence-electron chi connectivity index (χ2n) is 5.77. The van der Waals surface area contributed by atoms with Crippen molar-refractivity contribution in [2.75, 3.05) is 6.54 Å². The summed E-state index contributed by atoms with van der Waals surface area (Å²) in [6.07, 6.45) is 9.81. The molecule has 1 fully saturated rings. The lowest BCUT2D eigenvalue weighted by molar-refractivity contribution is -0.125. The number of nitrogens with one attached hydrogen (secondary N) is 1. The maximum atomic E-state index is 12.1. The SMILES string of the molecule is CCCC(CN)C(=O)N[C@@H](C)C1CCCCCC1. The minimum atomic E-state index is 0.00299. The van der Waals surface area contributed by atoms with Crippen molar-refractivity contribution >= 4 is 5.91 Å². The van der Waals surface area contributed by atoms with E-state index in [9.17, 15) is 4.79 Å². The summed E-state index contributed by atoms with van der Waals surface area (Å²) in [6, 6.07) is 0.307. The Morgan fingerprint density at radius 2 is 1.89 bits per heavy atom. The van der Waals surface area contributed by atoms with Crippen LogP contribution in [-0.2, 0) is 4.79 Å². The van der Waals surface area contributed by atoms with Crippen LogP contribution in [0, 0.1) is 11.8 Å². The predicted molar refractivity (Wildman–Crippen MR) is 76.2 cm³/mol. The molecule has 0 bridgehead atoms. The van der Waals surface area contributed by atoms with E-state index < -0.39 is 0 Å². The molecule has 18 heavy (non-hydrogen) atoms. The fourth-order valence-corrected chi connectivity index (χ4v) is 2.98. The van der Waals surface area contributed by atoms with E-state index in [1.807, 2.05) is 0 Å². The van der Waals surface area contributed by atoms with Crippen LogP contribution in [0.3, 0.4) is 0 Å². The van der Waals surface area contributed by atoms with Crippen LogP contribution in [0.5, 0.6) is 0 Å². The molecule has 0 heterocycles. The Morgan fingerprint density at radius 3 is 2.39 bits per heavy atom. The highest BCUT2D eigenvalue weighted by atomic mass is 16.1. The van der Waals surface area contributed by atoms with E-state index in [2.05, 4.69) is 19.2 Å². The van der Waals surface area contributed by atoms with Gasteiger partial charge in [0, 0.05) is 12.6 Å². The summed E-state index contributed by atoms with van der Waals surface area (Å²) < 4.78 is 0. The average Bonchev–Trinajstić information content (AvgIpc) is 2.64. The number of hydrogen-bond donors (Lipinski definition) is 2. The van der Waals surface area contributed by atoms with E-state index in [-0.39, 0.29) is 11.8 Å². The van der Waals surface area contributed by atoms with Gasteiger partial charge in [0.1, 0.15) is 0 Å². The first-order chi connectivity index (χ1) is 8.69. The molecule has 1 amide bonds. The van der Waals surface area contributed by atoms with Crippen molar-refractivity contribution < 1.29 is 4.79 Å². The van der Waals surface area contributed by atoms with Crippen molar-refractivity contribution in [3.8, 4) is 0 Å². The molecule has 0 aromatic carbocycles. The normalized spacial score (nSPS) is 21.1. The zero-order valence-electron chi connectivity index (χ0n) is 12.1. The minimum absolute atomic E-state index is 0.00299. The van der Waals surface area contributed by atoms with Crippen LogP contribution >= 0.6 is 0 Å². The van der Waals surface area contributed by atoms with Crippen LogP contribution < -0.4 is 11.1 Å². The highest BCUT2D eigenvalue weighted by molar-refractivity contribution is 5.79. The van der Waals surface area contributed by atoms with Gasteiger partial charge < -0.3 is 11.1 Å². The molecule has 0 aromatic heterocycles. The molecule has 0 radical (unpaired) electrons. The molecule has 0 aromatic rings. The first-order valence-electron chi connectivity index (χ1n) is 7.69. The van der Waals surface area contributed by atoms with Gasteiger partial charge in [0.2, 0.25) is 5.91 Å². The molecule has 3 N–H and O–H groups in total. The summed E-state index contributed by atoms with van der Waals surface area (Å²) in [5.41, 5.74) is 5.68. The number of hydrogen-bond acceptors (Lipinski definition) is 2. The topological polar surface area (TPSA) is 55.1 Å². The van der Waals surface area contributed by atoms with E-state index in [4.69, 9.17) is 5.73 Å². The molecule has 1 unspecified atom stereocenters. The van der Waals surface area contributed by atoms with Crippen LogP contribution in [0.15, 0.2) is 0 Å². The largest absolute Gasteiger partial charge is 0.353 e. The average molecular weight is 254 g/mol. The molecule has 2 atom stereocenters. The maximum Gasteiger partial charge on any atom is 0.224 e. The van der Waals surface area contributed by atoms with Gasteiger partial charge in [0.05, 0.1) is 5.92 Å². The number of carbonyl (C=O) groups is 1. The van der Waals surface area contributed by atoms with Gasteiger partial charge >= 0.3 is 0 Å². The van der Waals surface area contributed by atoms with Gasteiger partial charge in [-0.1, -0.05) is 39.0 Å². The molecule has 1 rings (SSSR count). The summed E-state index contributed by atoms with van der Waals surface area (Å²) in [5, 5.41) is 3.19. The van der Waals surface area contributed by atoms with E-state index in [0.29, 0.717) is 18.5 Å². The minimum Gasteiger partial charge on any atom is -0.353 e. The monoisotopic (exact) mass is 254 g/mol. The maximum absolute atomic E-state index is 12.1. The quantitative estimate of drug-likeness (QED) is 0.716. The molecule has 3 nitrogen and oxygen atoms in total. The smallest absolute Gasteiger partial charge is 0.224 e. The van der Waals surface area contributed by atoms with E-state index in [0.717, 1.165) is 12.8 Å². The first-order valence-corrected chi connectivity index (χ1v) is 7.69. The number of amides is 1. The van der Waals surface area contributed by atoms with E-state index in [1.165, 1.54) is 38.5 Å².